The molecule has 0 atom stereocenters. The summed E-state index contributed by atoms with van der Waals surface area (Å²) in [6.07, 6.45) is 11.9. The van der Waals surface area contributed by atoms with Crippen molar-refractivity contribution in [2.24, 2.45) is 11.5 Å². The average Bonchev–Trinajstić information content (AvgIpc) is 3.65. The maximum absolute atomic E-state index is 13.3. The smallest absolute Gasteiger partial charge is 0.243 e. The van der Waals surface area contributed by atoms with E-state index in [1.807, 2.05) is 6.33 Å². The number of nitrogens with one attached hydrogen (secondary N) is 2. The second-order valence-corrected chi connectivity index (χ2v) is 14.0. The number of carbonyl (C=O) groups is 1. The van der Waals surface area contributed by atoms with Gasteiger partial charge in [-0.3, -0.25) is 4.79 Å². The zero-order valence-electron chi connectivity index (χ0n) is 23.9. The van der Waals surface area contributed by atoms with E-state index in [0.29, 0.717) is 49.3 Å². The Morgan fingerprint density at radius 3 is 2.24 bits per heavy atom. The quantitative estimate of drug-likeness (QED) is 0.290. The molecule has 226 valence electrons. The fourth-order valence-corrected chi connectivity index (χ4v) is 8.01. The van der Waals surface area contributed by atoms with E-state index in [1.165, 1.54) is 17.1 Å². The number of primary amides is 1. The van der Waals surface area contributed by atoms with Gasteiger partial charge in [0.25, 0.3) is 0 Å². The van der Waals surface area contributed by atoms with Gasteiger partial charge >= 0.3 is 0 Å². The molecule has 3 fully saturated rings. The van der Waals surface area contributed by atoms with Crippen LogP contribution in [0.15, 0.2) is 35.5 Å². The monoisotopic (exact) mass is 595 g/mol. The number of aromatic nitrogens is 4. The zero-order valence-corrected chi connectivity index (χ0v) is 24.7. The molecule has 2 aromatic heterocycles. The Hall–Kier alpha value is -3.29. The van der Waals surface area contributed by atoms with Crippen molar-refractivity contribution >= 4 is 38.9 Å². The molecule has 3 heterocycles. The van der Waals surface area contributed by atoms with Crippen LogP contribution in [0.25, 0.3) is 11.2 Å². The molecule has 1 amide bonds. The third-order valence-electron chi connectivity index (χ3n) is 8.98. The molecular formula is C29H41N9O3S. The van der Waals surface area contributed by atoms with E-state index >= 15 is 0 Å². The van der Waals surface area contributed by atoms with Gasteiger partial charge in [-0.2, -0.15) is 14.3 Å². The van der Waals surface area contributed by atoms with Crippen LogP contribution in [0.4, 0.5) is 11.8 Å². The summed E-state index contributed by atoms with van der Waals surface area (Å²) in [7, 11) is -3.64. The van der Waals surface area contributed by atoms with Gasteiger partial charge in [-0.15, -0.1) is 0 Å². The summed E-state index contributed by atoms with van der Waals surface area (Å²) < 4.78 is 30.4. The lowest BCUT2D eigenvalue weighted by Gasteiger charge is -2.32. The number of benzene rings is 1. The maximum atomic E-state index is 13.3. The summed E-state index contributed by atoms with van der Waals surface area (Å²) in [6.45, 7) is 0.780. The highest BCUT2D eigenvalue weighted by molar-refractivity contribution is 7.89. The van der Waals surface area contributed by atoms with Crippen molar-refractivity contribution in [2.45, 2.75) is 99.7 Å². The first kappa shape index (κ1) is 28.8. The molecule has 0 spiro atoms. The second kappa shape index (κ2) is 12.1. The van der Waals surface area contributed by atoms with Crippen LogP contribution in [-0.2, 0) is 21.2 Å². The number of anilines is 2. The third kappa shape index (κ3) is 6.23. The van der Waals surface area contributed by atoms with Crippen molar-refractivity contribution in [3.63, 3.8) is 0 Å². The number of rotatable bonds is 9. The van der Waals surface area contributed by atoms with Crippen LogP contribution < -0.4 is 22.1 Å². The van der Waals surface area contributed by atoms with E-state index in [1.54, 1.807) is 24.3 Å². The van der Waals surface area contributed by atoms with Crippen LogP contribution in [0.1, 0.15) is 75.8 Å². The molecule has 6 rings (SSSR count). The standard InChI is InChI=1S/C29H41N9O3S/c30-20-7-9-21(10-8-20)34-29-35-27(26-28(36-29)38(18-32-26)23-3-1-2-4-23)33-22-13-15-37(16-14-22)42(40,41)24-11-5-19(6-12-24)17-25(31)39/h5-6,11-12,18,20-23H,1-4,7-10,13-17,30H2,(H2,31,39)(H2,33,34,35,36). The van der Waals surface area contributed by atoms with Crippen molar-refractivity contribution in [1.82, 2.24) is 23.8 Å². The first-order valence-corrected chi connectivity index (χ1v) is 16.6. The van der Waals surface area contributed by atoms with Gasteiger partial charge in [0.1, 0.15) is 0 Å². The largest absolute Gasteiger partial charge is 0.369 e. The number of piperidine rings is 1. The number of fused-ring (bicyclic) bond motifs is 1. The van der Waals surface area contributed by atoms with Crippen molar-refractivity contribution in [1.29, 1.82) is 0 Å². The fourth-order valence-electron chi connectivity index (χ4n) is 6.54. The Kier molecular flexibility index (Phi) is 8.33. The molecule has 1 aliphatic heterocycles. The molecular weight excluding hydrogens is 554 g/mol. The van der Waals surface area contributed by atoms with Gasteiger partial charge in [0, 0.05) is 37.3 Å². The van der Waals surface area contributed by atoms with E-state index in [0.717, 1.165) is 49.7 Å². The van der Waals surface area contributed by atoms with Gasteiger partial charge in [-0.1, -0.05) is 25.0 Å². The minimum absolute atomic E-state index is 0.0460. The van der Waals surface area contributed by atoms with Gasteiger partial charge < -0.3 is 26.7 Å². The van der Waals surface area contributed by atoms with E-state index in [4.69, 9.17) is 26.4 Å². The predicted octanol–water partition coefficient (Wildman–Crippen LogP) is 2.92. The molecule has 0 bridgehead atoms. The molecule has 3 aliphatic rings. The molecule has 1 saturated heterocycles. The minimum atomic E-state index is -3.64. The van der Waals surface area contributed by atoms with Gasteiger partial charge in [0.2, 0.25) is 21.9 Å². The molecule has 12 nitrogen and oxygen atoms in total. The maximum Gasteiger partial charge on any atom is 0.243 e. The summed E-state index contributed by atoms with van der Waals surface area (Å²) in [6, 6.07) is 7.38. The van der Waals surface area contributed by atoms with Crippen LogP contribution in [0, 0.1) is 0 Å². The zero-order chi connectivity index (χ0) is 29.3. The molecule has 0 unspecified atom stereocenters. The lowest BCUT2D eigenvalue weighted by Crippen LogP contribution is -2.42. The van der Waals surface area contributed by atoms with Gasteiger partial charge in [-0.05, 0) is 69.1 Å². The first-order chi connectivity index (χ1) is 20.3. The van der Waals surface area contributed by atoms with Crippen molar-refractivity contribution in [3.8, 4) is 0 Å². The van der Waals surface area contributed by atoms with Crippen LogP contribution in [0.3, 0.4) is 0 Å². The van der Waals surface area contributed by atoms with Gasteiger partial charge in [0.05, 0.1) is 17.6 Å². The highest BCUT2D eigenvalue weighted by atomic mass is 32.2. The van der Waals surface area contributed by atoms with Crippen molar-refractivity contribution < 1.29 is 13.2 Å². The molecule has 2 saturated carbocycles. The number of hydrogen-bond donors (Lipinski definition) is 4. The Bertz CT molecular complexity index is 1500. The van der Waals surface area contributed by atoms with E-state index < -0.39 is 15.9 Å². The number of sulfonamides is 1. The number of amides is 1. The molecule has 6 N–H and O–H groups in total. The summed E-state index contributed by atoms with van der Waals surface area (Å²) in [5, 5.41) is 7.16. The molecule has 13 heteroatoms. The summed E-state index contributed by atoms with van der Waals surface area (Å²) in [5.41, 5.74) is 13.7. The first-order valence-electron chi connectivity index (χ1n) is 15.2. The molecule has 42 heavy (non-hydrogen) atoms. The number of nitrogens with two attached hydrogens (primary N) is 2. The average molecular weight is 596 g/mol. The van der Waals surface area contributed by atoms with E-state index in [9.17, 15) is 13.2 Å². The Labute approximate surface area is 246 Å². The van der Waals surface area contributed by atoms with Crippen molar-refractivity contribution in [3.05, 3.63) is 36.2 Å². The van der Waals surface area contributed by atoms with Gasteiger partial charge in [0.15, 0.2) is 17.0 Å². The van der Waals surface area contributed by atoms with Crippen molar-refractivity contribution in [2.75, 3.05) is 23.7 Å². The molecule has 2 aliphatic carbocycles. The van der Waals surface area contributed by atoms with E-state index in [-0.39, 0.29) is 29.4 Å². The van der Waals surface area contributed by atoms with Gasteiger partial charge in [-0.25, -0.2) is 13.4 Å². The molecule has 0 radical (unpaired) electrons. The van der Waals surface area contributed by atoms with Crippen LogP contribution in [0.2, 0.25) is 0 Å². The number of imidazole rings is 1. The lowest BCUT2D eigenvalue weighted by atomic mass is 9.92. The molecule has 1 aromatic carbocycles. The summed E-state index contributed by atoms with van der Waals surface area (Å²) >= 11 is 0. The Morgan fingerprint density at radius 1 is 0.905 bits per heavy atom. The third-order valence-corrected chi connectivity index (χ3v) is 10.9. The topological polar surface area (TPSA) is 174 Å². The summed E-state index contributed by atoms with van der Waals surface area (Å²) in [5.74, 6) is 0.844. The number of carbonyl (C=O) groups excluding carboxylic acids is 1. The van der Waals surface area contributed by atoms with Crippen LogP contribution in [0.5, 0.6) is 0 Å². The highest BCUT2D eigenvalue weighted by Crippen LogP contribution is 2.34. The van der Waals surface area contributed by atoms with Crippen LogP contribution in [-0.4, -0.2) is 69.4 Å². The number of hydrogen-bond acceptors (Lipinski definition) is 9. The van der Waals surface area contributed by atoms with Crippen LogP contribution >= 0.6 is 0 Å². The fraction of sp³-hybridized carbons (Fsp3) is 0.586. The Balaban J connectivity index is 1.17. The predicted molar refractivity (Wildman–Crippen MR) is 161 cm³/mol. The minimum Gasteiger partial charge on any atom is -0.369 e. The lowest BCUT2D eigenvalue weighted by molar-refractivity contribution is -0.117. The Morgan fingerprint density at radius 2 is 1.57 bits per heavy atom. The summed E-state index contributed by atoms with van der Waals surface area (Å²) in [4.78, 5) is 26.0. The number of nitrogens with zero attached hydrogens (tertiary/aromatic N) is 5. The normalized spacial score (nSPS) is 22.9. The molecule has 3 aromatic rings. The second-order valence-electron chi connectivity index (χ2n) is 12.0. The highest BCUT2D eigenvalue weighted by Gasteiger charge is 2.31. The van der Waals surface area contributed by atoms with E-state index in [2.05, 4.69) is 15.2 Å². The SMILES string of the molecule is NC(=O)Cc1ccc(S(=O)(=O)N2CCC(Nc3nc(NC4CCC(N)CC4)nc4c3ncn4C3CCCC3)CC2)cc1.